The van der Waals surface area contributed by atoms with Crippen LogP contribution in [0.3, 0.4) is 0 Å². The Morgan fingerprint density at radius 1 is 0.317 bits per heavy atom. The zero-order chi connectivity index (χ0) is 41.6. The fraction of sp³-hybridized carbons (Fsp3) is 0.158. The molecule has 0 amide bonds. The van der Waals surface area contributed by atoms with E-state index in [0.29, 0.717) is 0 Å². The van der Waals surface area contributed by atoms with Crippen molar-refractivity contribution in [2.24, 2.45) is 0 Å². The highest BCUT2D eigenvalue weighted by Gasteiger charge is 2.44. The number of hydrogen-bond acceptors (Lipinski definition) is 2. The van der Waals surface area contributed by atoms with Crippen LogP contribution in [0.1, 0.15) is 50.1 Å². The second kappa shape index (κ2) is 14.3. The summed E-state index contributed by atoms with van der Waals surface area (Å²) in [6.07, 6.45) is 0. The summed E-state index contributed by atoms with van der Waals surface area (Å²) < 4.78 is 0. The third-order valence-corrected chi connectivity index (χ3v) is 13.0. The Labute approximate surface area is 356 Å². The number of benzene rings is 8. The lowest BCUT2D eigenvalue weighted by Gasteiger charge is -2.45. The molecule has 0 saturated heterocycles. The first-order valence-corrected chi connectivity index (χ1v) is 21.4. The van der Waals surface area contributed by atoms with Gasteiger partial charge in [-0.25, -0.2) is 0 Å². The van der Waals surface area contributed by atoms with E-state index in [1.54, 1.807) is 0 Å². The van der Waals surface area contributed by atoms with Crippen LogP contribution in [0.2, 0.25) is 0 Å². The summed E-state index contributed by atoms with van der Waals surface area (Å²) in [5, 5.41) is 0. The van der Waals surface area contributed by atoms with Crippen molar-refractivity contribution >= 4 is 57.2 Å². The average Bonchev–Trinajstić information content (AvgIpc) is 3.20. The topological polar surface area (TPSA) is 6.48 Å². The quantitative estimate of drug-likeness (QED) is 0.161. The first-order valence-electron chi connectivity index (χ1n) is 21.4. The van der Waals surface area contributed by atoms with Crippen molar-refractivity contribution in [2.75, 3.05) is 9.80 Å². The Kier molecular flexibility index (Phi) is 8.99. The Balaban J connectivity index is 1.35. The molecule has 0 aliphatic carbocycles. The van der Waals surface area contributed by atoms with Crippen molar-refractivity contribution in [3.05, 3.63) is 196 Å². The number of nitrogens with zero attached hydrogens (tertiary/aromatic N) is 2. The Morgan fingerprint density at radius 2 is 0.650 bits per heavy atom. The lowest BCUT2D eigenvalue weighted by Crippen LogP contribution is -2.61. The summed E-state index contributed by atoms with van der Waals surface area (Å²) >= 11 is 0. The molecule has 0 spiro atoms. The van der Waals surface area contributed by atoms with E-state index in [4.69, 9.17) is 0 Å². The number of hydrogen-bond donors (Lipinski definition) is 0. The summed E-state index contributed by atoms with van der Waals surface area (Å²) in [6.45, 7) is 20.2. The number of anilines is 6. The Hall–Kier alpha value is -6.58. The SMILES string of the molecule is Cc1cc(C)c(-c2ccc3c(c2)B2c4cc(-c5c(C)cc(C)cc5C)ccc4N(c4ccccc4)c4cc(-c5c(C)cc(C)cc5C)cc(c42)N3c2ccccc2)c(C)c1. The van der Waals surface area contributed by atoms with Gasteiger partial charge in [-0.2, -0.15) is 0 Å². The monoisotopic (exact) mass is 774 g/mol. The molecule has 0 aromatic heterocycles. The van der Waals surface area contributed by atoms with Gasteiger partial charge in [0.15, 0.2) is 0 Å². The first kappa shape index (κ1) is 37.7. The molecule has 0 saturated carbocycles. The molecule has 0 atom stereocenters. The van der Waals surface area contributed by atoms with Crippen molar-refractivity contribution in [2.45, 2.75) is 62.3 Å². The highest BCUT2D eigenvalue weighted by Crippen LogP contribution is 2.48. The predicted molar refractivity (Wildman–Crippen MR) is 259 cm³/mol. The van der Waals surface area contributed by atoms with Crippen LogP contribution >= 0.6 is 0 Å². The molecule has 10 rings (SSSR count). The van der Waals surface area contributed by atoms with E-state index >= 15 is 0 Å². The molecule has 2 nitrogen and oxygen atoms in total. The highest BCUT2D eigenvalue weighted by molar-refractivity contribution is 7.00. The maximum absolute atomic E-state index is 2.54. The molecule has 8 aromatic rings. The van der Waals surface area contributed by atoms with Gasteiger partial charge in [0.25, 0.3) is 6.71 Å². The van der Waals surface area contributed by atoms with Gasteiger partial charge in [0.2, 0.25) is 0 Å². The predicted octanol–water partition coefficient (Wildman–Crippen LogP) is 13.5. The number of aryl methyl sites for hydroxylation is 9. The van der Waals surface area contributed by atoms with Gasteiger partial charge in [-0.1, -0.05) is 114 Å². The summed E-state index contributed by atoms with van der Waals surface area (Å²) in [5.74, 6) is 0. The molecule has 0 N–H and O–H groups in total. The van der Waals surface area contributed by atoms with Crippen molar-refractivity contribution in [3.8, 4) is 33.4 Å². The van der Waals surface area contributed by atoms with E-state index in [0.717, 1.165) is 11.4 Å². The van der Waals surface area contributed by atoms with Crippen LogP contribution in [0.5, 0.6) is 0 Å². The molecular formula is C57H51BN2. The first-order chi connectivity index (χ1) is 29.0. The zero-order valence-corrected chi connectivity index (χ0v) is 36.3. The van der Waals surface area contributed by atoms with Gasteiger partial charge in [0.1, 0.15) is 0 Å². The Bertz CT molecular complexity index is 2790. The maximum atomic E-state index is 2.54. The number of rotatable bonds is 5. The second-order valence-corrected chi connectivity index (χ2v) is 17.6. The number of fused-ring (bicyclic) bond motifs is 4. The fourth-order valence-electron chi connectivity index (χ4n) is 11.1. The molecule has 0 radical (unpaired) electrons. The largest absolute Gasteiger partial charge is 0.311 e. The standard InChI is InChI=1S/C57H51BN2/c1-34-24-37(4)54(38(5)25-34)43-20-22-50-48(30-43)58-49-31-44(55-39(6)26-35(2)27-40(55)7)21-23-51(49)60(47-18-14-11-15-19-47)53-33-45(56-41(8)28-36(3)29-42(56)9)32-52(57(53)58)59(50)46-16-12-10-13-17-46/h10-33H,1-9H3. The minimum absolute atomic E-state index is 0.0220. The van der Waals surface area contributed by atoms with Gasteiger partial charge in [-0.3, -0.25) is 0 Å². The molecular weight excluding hydrogens is 723 g/mol. The molecule has 2 aliphatic rings. The van der Waals surface area contributed by atoms with Crippen molar-refractivity contribution in [3.63, 3.8) is 0 Å². The lowest BCUT2D eigenvalue weighted by atomic mass is 9.33. The molecule has 3 heteroatoms. The van der Waals surface area contributed by atoms with Crippen LogP contribution < -0.4 is 26.2 Å². The highest BCUT2D eigenvalue weighted by atomic mass is 15.2. The van der Waals surface area contributed by atoms with Crippen LogP contribution in [0.4, 0.5) is 34.1 Å². The molecule has 0 fully saturated rings. The van der Waals surface area contributed by atoms with Crippen molar-refractivity contribution < 1.29 is 0 Å². The Morgan fingerprint density at radius 3 is 1.00 bits per heavy atom. The van der Waals surface area contributed by atoms with Crippen LogP contribution in [-0.2, 0) is 0 Å². The molecule has 0 unspecified atom stereocenters. The van der Waals surface area contributed by atoms with Gasteiger partial charge in [0.05, 0.1) is 0 Å². The van der Waals surface area contributed by atoms with Gasteiger partial charge < -0.3 is 9.80 Å². The van der Waals surface area contributed by atoms with Gasteiger partial charge in [-0.05, 0) is 194 Å². The fourth-order valence-corrected chi connectivity index (χ4v) is 11.1. The van der Waals surface area contributed by atoms with Crippen LogP contribution in [0, 0.1) is 62.3 Å². The van der Waals surface area contributed by atoms with Gasteiger partial charge in [-0.15, -0.1) is 0 Å². The second-order valence-electron chi connectivity index (χ2n) is 17.6. The maximum Gasteiger partial charge on any atom is 0.252 e. The third kappa shape index (κ3) is 6.02. The molecule has 8 aromatic carbocycles. The van der Waals surface area contributed by atoms with Gasteiger partial charge in [0, 0.05) is 34.1 Å². The van der Waals surface area contributed by atoms with Crippen LogP contribution in [0.25, 0.3) is 33.4 Å². The smallest absolute Gasteiger partial charge is 0.252 e. The van der Waals surface area contributed by atoms with E-state index in [1.165, 1.54) is 123 Å². The van der Waals surface area contributed by atoms with Crippen LogP contribution in [0.15, 0.2) is 146 Å². The summed E-state index contributed by atoms with van der Waals surface area (Å²) in [7, 11) is 0. The van der Waals surface area contributed by atoms with Crippen molar-refractivity contribution in [1.29, 1.82) is 0 Å². The molecule has 2 heterocycles. The summed E-state index contributed by atoms with van der Waals surface area (Å²) in [6, 6.07) is 55.5. The molecule has 2 aliphatic heterocycles. The molecule has 0 bridgehead atoms. The average molecular weight is 775 g/mol. The van der Waals surface area contributed by atoms with E-state index in [9.17, 15) is 0 Å². The zero-order valence-electron chi connectivity index (χ0n) is 36.3. The lowest BCUT2D eigenvalue weighted by molar-refractivity contribution is 1.25. The minimum Gasteiger partial charge on any atom is -0.311 e. The number of para-hydroxylation sites is 2. The minimum atomic E-state index is -0.0220. The van der Waals surface area contributed by atoms with Crippen LogP contribution in [-0.4, -0.2) is 6.71 Å². The van der Waals surface area contributed by atoms with E-state index in [1.807, 2.05) is 0 Å². The van der Waals surface area contributed by atoms with E-state index < -0.39 is 0 Å². The third-order valence-electron chi connectivity index (χ3n) is 13.0. The van der Waals surface area contributed by atoms with E-state index in [2.05, 4.69) is 218 Å². The van der Waals surface area contributed by atoms with Gasteiger partial charge >= 0.3 is 0 Å². The van der Waals surface area contributed by atoms with Crippen molar-refractivity contribution in [1.82, 2.24) is 0 Å². The summed E-state index contributed by atoms with van der Waals surface area (Å²) in [4.78, 5) is 5.08. The van der Waals surface area contributed by atoms with E-state index in [-0.39, 0.29) is 6.71 Å². The molecule has 60 heavy (non-hydrogen) atoms. The summed E-state index contributed by atoms with van der Waals surface area (Å²) in [5.41, 5.74) is 30.6. The molecule has 292 valence electrons. The normalized spacial score (nSPS) is 12.7.